The van der Waals surface area contributed by atoms with Gasteiger partial charge < -0.3 is 10.1 Å². The van der Waals surface area contributed by atoms with Gasteiger partial charge in [0.05, 0.1) is 17.7 Å². The normalized spacial score (nSPS) is 10.3. The molecular weight excluding hydrogens is 280 g/mol. The van der Waals surface area contributed by atoms with Crippen LogP contribution in [0, 0.1) is 10.1 Å². The molecule has 0 spiro atoms. The highest BCUT2D eigenvalue weighted by Gasteiger charge is 2.11. The molecular formula is C12H14N4O5. The molecule has 0 aliphatic carbocycles. The van der Waals surface area contributed by atoms with Gasteiger partial charge in [-0.1, -0.05) is 0 Å². The first-order valence-corrected chi connectivity index (χ1v) is 5.89. The van der Waals surface area contributed by atoms with Gasteiger partial charge in [-0.25, -0.2) is 5.43 Å². The average Bonchev–Trinajstić information content (AvgIpc) is 2.47. The topological polar surface area (TPSA) is 123 Å². The largest absolute Gasteiger partial charge is 0.383 e. The maximum Gasteiger partial charge on any atom is 0.329 e. The van der Waals surface area contributed by atoms with Gasteiger partial charge in [0.25, 0.3) is 5.69 Å². The van der Waals surface area contributed by atoms with Crippen molar-refractivity contribution in [2.24, 2.45) is 5.10 Å². The Balaban J connectivity index is 2.44. The zero-order chi connectivity index (χ0) is 15.7. The molecule has 0 atom stereocenters. The predicted molar refractivity (Wildman–Crippen MR) is 73.7 cm³/mol. The van der Waals surface area contributed by atoms with Crippen LogP contribution in [0.2, 0.25) is 0 Å². The van der Waals surface area contributed by atoms with E-state index in [1.165, 1.54) is 37.6 Å². The molecule has 2 N–H and O–H groups in total. The van der Waals surface area contributed by atoms with Gasteiger partial charge in [0, 0.05) is 25.8 Å². The number of benzene rings is 1. The summed E-state index contributed by atoms with van der Waals surface area (Å²) in [6, 6.07) is 5.54. The van der Waals surface area contributed by atoms with Gasteiger partial charge in [-0.3, -0.25) is 19.7 Å². The summed E-state index contributed by atoms with van der Waals surface area (Å²) in [6.45, 7) is 0.514. The Hall–Kier alpha value is -2.81. The number of carbonyl (C=O) groups excluding carboxylic acids is 2. The molecule has 1 aromatic carbocycles. The van der Waals surface area contributed by atoms with Crippen molar-refractivity contribution in [2.45, 2.75) is 0 Å². The highest BCUT2D eigenvalue weighted by molar-refractivity contribution is 6.35. The standard InChI is InChI=1S/C12H14N4O5/c1-21-7-6-13-11(17)12(18)15-14-8-9-2-4-10(5-3-9)16(19)20/h2-5,8H,6-7H2,1H3,(H,13,17)(H,15,18)/b14-8-. The molecule has 1 aromatic rings. The predicted octanol–water partition coefficient (Wildman–Crippen LogP) is -0.192. The molecule has 21 heavy (non-hydrogen) atoms. The van der Waals surface area contributed by atoms with E-state index in [1.54, 1.807) is 0 Å². The Bertz CT molecular complexity index is 541. The van der Waals surface area contributed by atoms with E-state index in [0.717, 1.165) is 0 Å². The Morgan fingerprint density at radius 2 is 2.00 bits per heavy atom. The lowest BCUT2D eigenvalue weighted by molar-refractivity contribution is -0.384. The molecule has 9 heteroatoms. The van der Waals surface area contributed by atoms with Crippen molar-refractivity contribution in [2.75, 3.05) is 20.3 Å². The number of nitro groups is 1. The molecule has 0 radical (unpaired) electrons. The molecule has 0 aliphatic rings. The third kappa shape index (κ3) is 5.78. The second kappa shape index (κ2) is 8.38. The van der Waals surface area contributed by atoms with Crippen molar-refractivity contribution in [1.82, 2.24) is 10.7 Å². The number of non-ortho nitro benzene ring substituents is 1. The second-order valence-corrected chi connectivity index (χ2v) is 3.80. The lowest BCUT2D eigenvalue weighted by atomic mass is 10.2. The third-order valence-corrected chi connectivity index (χ3v) is 2.28. The van der Waals surface area contributed by atoms with Gasteiger partial charge >= 0.3 is 11.8 Å². The summed E-state index contributed by atoms with van der Waals surface area (Å²) in [6.07, 6.45) is 1.27. The van der Waals surface area contributed by atoms with Crippen LogP contribution in [0.5, 0.6) is 0 Å². The smallest absolute Gasteiger partial charge is 0.329 e. The van der Waals surface area contributed by atoms with Crippen LogP contribution in [0.25, 0.3) is 0 Å². The second-order valence-electron chi connectivity index (χ2n) is 3.80. The van der Waals surface area contributed by atoms with Gasteiger partial charge in [-0.2, -0.15) is 5.10 Å². The SMILES string of the molecule is COCCNC(=O)C(=O)N/N=C\c1ccc([N+](=O)[O-])cc1. The number of amides is 2. The molecule has 0 unspecified atom stereocenters. The number of hydrogen-bond donors (Lipinski definition) is 2. The molecule has 0 saturated carbocycles. The molecule has 0 aliphatic heterocycles. The van der Waals surface area contributed by atoms with Gasteiger partial charge in [0.15, 0.2) is 0 Å². The van der Waals surface area contributed by atoms with Gasteiger partial charge in [-0.05, 0) is 17.7 Å². The average molecular weight is 294 g/mol. The summed E-state index contributed by atoms with van der Waals surface area (Å²) in [5.74, 6) is -1.74. The van der Waals surface area contributed by atoms with Crippen LogP contribution in [0.1, 0.15) is 5.56 Å². The minimum Gasteiger partial charge on any atom is -0.383 e. The number of hydrogen-bond acceptors (Lipinski definition) is 6. The molecule has 0 fully saturated rings. The minimum atomic E-state index is -0.913. The van der Waals surface area contributed by atoms with Crippen molar-refractivity contribution in [1.29, 1.82) is 0 Å². The highest BCUT2D eigenvalue weighted by Crippen LogP contribution is 2.10. The fraction of sp³-hybridized carbons (Fsp3) is 0.250. The van der Waals surface area contributed by atoms with E-state index < -0.39 is 16.7 Å². The third-order valence-electron chi connectivity index (χ3n) is 2.28. The van der Waals surface area contributed by atoms with E-state index in [2.05, 4.69) is 10.4 Å². The van der Waals surface area contributed by atoms with Crippen LogP contribution in [0.4, 0.5) is 5.69 Å². The van der Waals surface area contributed by atoms with Gasteiger partial charge in [-0.15, -0.1) is 0 Å². The van der Waals surface area contributed by atoms with Crippen LogP contribution in [0.15, 0.2) is 29.4 Å². The molecule has 0 bridgehead atoms. The summed E-state index contributed by atoms with van der Waals surface area (Å²) in [4.78, 5) is 32.5. The first kappa shape index (κ1) is 16.2. The van der Waals surface area contributed by atoms with Gasteiger partial charge in [0.2, 0.25) is 0 Å². The van der Waals surface area contributed by atoms with Gasteiger partial charge in [0.1, 0.15) is 0 Å². The monoisotopic (exact) mass is 294 g/mol. The van der Waals surface area contributed by atoms with E-state index in [1.807, 2.05) is 5.43 Å². The van der Waals surface area contributed by atoms with Crippen LogP contribution in [0.3, 0.4) is 0 Å². The Morgan fingerprint density at radius 3 is 2.57 bits per heavy atom. The van der Waals surface area contributed by atoms with Crippen LogP contribution in [-0.4, -0.2) is 43.2 Å². The number of ether oxygens (including phenoxy) is 1. The number of rotatable bonds is 6. The number of nitro benzene ring substituents is 1. The Morgan fingerprint density at radius 1 is 1.33 bits per heavy atom. The van der Waals surface area contributed by atoms with Crippen LogP contribution in [-0.2, 0) is 14.3 Å². The van der Waals surface area contributed by atoms with Crippen molar-refractivity contribution >= 4 is 23.7 Å². The lowest BCUT2D eigenvalue weighted by Gasteiger charge is -2.02. The first-order chi connectivity index (χ1) is 10.0. The molecule has 2 amide bonds. The van der Waals surface area contributed by atoms with E-state index in [9.17, 15) is 19.7 Å². The zero-order valence-corrected chi connectivity index (χ0v) is 11.2. The van der Waals surface area contributed by atoms with Crippen LogP contribution < -0.4 is 10.7 Å². The summed E-state index contributed by atoms with van der Waals surface area (Å²) in [5, 5.41) is 16.4. The summed E-state index contributed by atoms with van der Waals surface area (Å²) in [5.41, 5.74) is 2.53. The number of carbonyl (C=O) groups is 2. The fourth-order valence-corrected chi connectivity index (χ4v) is 1.25. The van der Waals surface area contributed by atoms with Crippen molar-refractivity contribution < 1.29 is 19.2 Å². The Kier molecular flexibility index (Phi) is 6.48. The minimum absolute atomic E-state index is 0.0475. The maximum atomic E-state index is 11.3. The van der Waals surface area contributed by atoms with Crippen molar-refractivity contribution in [3.63, 3.8) is 0 Å². The Labute approximate surface area is 120 Å². The first-order valence-electron chi connectivity index (χ1n) is 5.89. The van der Waals surface area contributed by atoms with Crippen LogP contribution >= 0.6 is 0 Å². The number of nitrogens with zero attached hydrogens (tertiary/aromatic N) is 2. The van der Waals surface area contributed by atoms with Crippen molar-refractivity contribution in [3.8, 4) is 0 Å². The summed E-state index contributed by atoms with van der Waals surface area (Å²) < 4.78 is 4.71. The van der Waals surface area contributed by atoms with Crippen molar-refractivity contribution in [3.05, 3.63) is 39.9 Å². The fourth-order valence-electron chi connectivity index (χ4n) is 1.25. The maximum absolute atomic E-state index is 11.3. The lowest BCUT2D eigenvalue weighted by Crippen LogP contribution is -2.39. The van der Waals surface area contributed by atoms with E-state index in [0.29, 0.717) is 12.2 Å². The number of methoxy groups -OCH3 is 1. The van der Waals surface area contributed by atoms with E-state index in [-0.39, 0.29) is 12.2 Å². The molecule has 0 heterocycles. The number of nitrogens with one attached hydrogen (secondary N) is 2. The van der Waals surface area contributed by atoms with E-state index in [4.69, 9.17) is 4.74 Å². The van der Waals surface area contributed by atoms with E-state index >= 15 is 0 Å². The molecule has 1 rings (SSSR count). The quantitative estimate of drug-likeness (QED) is 0.247. The molecule has 9 nitrogen and oxygen atoms in total. The summed E-state index contributed by atoms with van der Waals surface area (Å²) >= 11 is 0. The molecule has 0 saturated heterocycles. The molecule has 112 valence electrons. The number of hydrazone groups is 1. The summed E-state index contributed by atoms with van der Waals surface area (Å²) in [7, 11) is 1.47. The zero-order valence-electron chi connectivity index (χ0n) is 11.2. The highest BCUT2D eigenvalue weighted by atomic mass is 16.6. The molecule has 0 aromatic heterocycles.